The average Bonchev–Trinajstić information content (AvgIpc) is 3.37. The molecule has 11 heteroatoms. The summed E-state index contributed by atoms with van der Waals surface area (Å²) < 4.78 is 16.0. The Bertz CT molecular complexity index is 1130. The van der Waals surface area contributed by atoms with Crippen LogP contribution in [0.5, 0.6) is 11.5 Å². The number of carbonyl (C=O) groups excluding carboxylic acids is 2. The number of nitrogens with zero attached hydrogens (tertiary/aromatic N) is 4. The fraction of sp³-hybridized carbons (Fsp3) is 0.333. The molecule has 1 aromatic carbocycles. The molecule has 0 spiro atoms. The third kappa shape index (κ3) is 4.09. The molecule has 1 aliphatic rings. The third-order valence-corrected chi connectivity index (χ3v) is 5.23. The smallest absolute Gasteiger partial charge is 0.320 e. The summed E-state index contributed by atoms with van der Waals surface area (Å²) in [6.07, 6.45) is 1.48. The molecule has 0 radical (unpaired) electrons. The number of nitrogens with one attached hydrogen (secondary N) is 2. The molecule has 3 amide bonds. The van der Waals surface area contributed by atoms with Gasteiger partial charge in [0.2, 0.25) is 5.95 Å². The number of furan rings is 1. The van der Waals surface area contributed by atoms with Gasteiger partial charge in [0, 0.05) is 44.7 Å². The highest BCUT2D eigenvalue weighted by atomic mass is 16.5. The molecule has 0 saturated carbocycles. The minimum atomic E-state index is -0.403. The van der Waals surface area contributed by atoms with E-state index in [1.807, 2.05) is 4.90 Å². The molecule has 1 aliphatic heterocycles. The SMILES string of the molecule is CNC(=O)Nc1nc(N2CCN(C(=O)c3ccco3)CC2)nc2cc(OC)c(OC)cc12. The van der Waals surface area contributed by atoms with Crippen molar-refractivity contribution >= 4 is 34.6 Å². The molecule has 11 nitrogen and oxygen atoms in total. The molecule has 1 saturated heterocycles. The molecular formula is C21H24N6O5. The minimum absolute atomic E-state index is 0.145. The van der Waals surface area contributed by atoms with Gasteiger partial charge in [0.1, 0.15) is 5.82 Å². The number of anilines is 2. The maximum Gasteiger partial charge on any atom is 0.320 e. The first-order valence-electron chi connectivity index (χ1n) is 10.0. The fourth-order valence-electron chi connectivity index (χ4n) is 3.52. The van der Waals surface area contributed by atoms with Crippen LogP contribution in [0.4, 0.5) is 16.6 Å². The van der Waals surface area contributed by atoms with E-state index < -0.39 is 6.03 Å². The van der Waals surface area contributed by atoms with E-state index in [-0.39, 0.29) is 5.91 Å². The van der Waals surface area contributed by atoms with Crippen LogP contribution in [-0.4, -0.2) is 74.3 Å². The van der Waals surface area contributed by atoms with E-state index in [0.717, 1.165) is 0 Å². The Morgan fingerprint density at radius 2 is 1.78 bits per heavy atom. The number of carbonyl (C=O) groups is 2. The van der Waals surface area contributed by atoms with Gasteiger partial charge >= 0.3 is 6.03 Å². The summed E-state index contributed by atoms with van der Waals surface area (Å²) in [5, 5.41) is 5.89. The maximum absolute atomic E-state index is 12.5. The van der Waals surface area contributed by atoms with Crippen LogP contribution in [0.15, 0.2) is 34.9 Å². The number of piperazine rings is 1. The standard InChI is InChI=1S/C21H24N6O5/c1-22-21(29)25-18-13-11-16(30-2)17(31-3)12-14(13)23-20(24-18)27-8-6-26(7-9-27)19(28)15-5-4-10-32-15/h4-5,10-12H,6-9H2,1-3H3,(H2,22,23,24,25,29). The van der Waals surface area contributed by atoms with Crippen LogP contribution in [0.2, 0.25) is 0 Å². The zero-order valence-electron chi connectivity index (χ0n) is 18.0. The number of amides is 3. The van der Waals surface area contributed by atoms with Gasteiger partial charge in [0.05, 0.1) is 26.0 Å². The summed E-state index contributed by atoms with van der Waals surface area (Å²) in [5.74, 6) is 1.98. The van der Waals surface area contributed by atoms with Crippen LogP contribution < -0.4 is 25.0 Å². The number of ether oxygens (including phenoxy) is 2. The topological polar surface area (TPSA) is 122 Å². The first kappa shape index (κ1) is 21.2. The first-order chi connectivity index (χ1) is 15.5. The van der Waals surface area contributed by atoms with Crippen molar-refractivity contribution in [2.24, 2.45) is 0 Å². The van der Waals surface area contributed by atoms with Crippen molar-refractivity contribution in [3.8, 4) is 11.5 Å². The largest absolute Gasteiger partial charge is 0.493 e. The Morgan fingerprint density at radius 1 is 1.06 bits per heavy atom. The van der Waals surface area contributed by atoms with Crippen LogP contribution >= 0.6 is 0 Å². The van der Waals surface area contributed by atoms with Crippen LogP contribution in [-0.2, 0) is 0 Å². The molecule has 2 aromatic heterocycles. The molecule has 3 aromatic rings. The lowest BCUT2D eigenvalue weighted by Crippen LogP contribution is -2.49. The van der Waals surface area contributed by atoms with Crippen molar-refractivity contribution in [3.63, 3.8) is 0 Å². The van der Waals surface area contributed by atoms with Gasteiger partial charge < -0.3 is 29.0 Å². The van der Waals surface area contributed by atoms with E-state index >= 15 is 0 Å². The Hall–Kier alpha value is -4.02. The Labute approximate surface area is 184 Å². The zero-order valence-corrected chi connectivity index (χ0v) is 18.0. The van der Waals surface area contributed by atoms with Gasteiger partial charge in [-0.25, -0.2) is 9.78 Å². The average molecular weight is 440 g/mol. The van der Waals surface area contributed by atoms with E-state index in [1.165, 1.54) is 20.4 Å². The van der Waals surface area contributed by atoms with Gasteiger partial charge in [-0.2, -0.15) is 4.98 Å². The van der Waals surface area contributed by atoms with Crippen molar-refractivity contribution in [1.82, 2.24) is 20.2 Å². The van der Waals surface area contributed by atoms with Gasteiger partial charge in [-0.3, -0.25) is 10.1 Å². The number of fused-ring (bicyclic) bond motifs is 1. The second-order valence-corrected chi connectivity index (χ2v) is 7.06. The highest BCUT2D eigenvalue weighted by Gasteiger charge is 2.26. The van der Waals surface area contributed by atoms with Gasteiger partial charge in [-0.1, -0.05) is 0 Å². The highest BCUT2D eigenvalue weighted by Crippen LogP contribution is 2.35. The van der Waals surface area contributed by atoms with Crippen molar-refractivity contribution in [2.75, 3.05) is 57.7 Å². The molecule has 0 bridgehead atoms. The molecule has 1 fully saturated rings. The van der Waals surface area contributed by atoms with E-state index in [4.69, 9.17) is 13.9 Å². The lowest BCUT2D eigenvalue weighted by atomic mass is 10.2. The summed E-state index contributed by atoms with van der Waals surface area (Å²) in [5.41, 5.74) is 0.591. The number of methoxy groups -OCH3 is 2. The quantitative estimate of drug-likeness (QED) is 0.617. The monoisotopic (exact) mass is 440 g/mol. The maximum atomic E-state index is 12.5. The van der Waals surface area contributed by atoms with E-state index in [0.29, 0.717) is 66.1 Å². The zero-order chi connectivity index (χ0) is 22.7. The second-order valence-electron chi connectivity index (χ2n) is 7.06. The number of benzene rings is 1. The highest BCUT2D eigenvalue weighted by molar-refractivity contribution is 6.00. The molecular weight excluding hydrogens is 416 g/mol. The van der Waals surface area contributed by atoms with Gasteiger partial charge in [-0.15, -0.1) is 0 Å². The van der Waals surface area contributed by atoms with Gasteiger partial charge in [0.15, 0.2) is 17.3 Å². The molecule has 0 unspecified atom stereocenters. The summed E-state index contributed by atoms with van der Waals surface area (Å²) in [6.45, 7) is 2.05. The van der Waals surface area contributed by atoms with Crippen LogP contribution in [0.1, 0.15) is 10.6 Å². The predicted octanol–water partition coefficient (Wildman–Crippen LogP) is 1.95. The van der Waals surface area contributed by atoms with Crippen LogP contribution in [0.25, 0.3) is 10.9 Å². The Kier molecular flexibility index (Phi) is 5.97. The number of aromatic nitrogens is 2. The predicted molar refractivity (Wildman–Crippen MR) is 118 cm³/mol. The number of hydrogen-bond acceptors (Lipinski definition) is 8. The van der Waals surface area contributed by atoms with Gasteiger partial charge in [-0.05, 0) is 18.2 Å². The van der Waals surface area contributed by atoms with Crippen molar-refractivity contribution in [2.45, 2.75) is 0 Å². The summed E-state index contributed by atoms with van der Waals surface area (Å²) in [7, 11) is 4.61. The van der Waals surface area contributed by atoms with Gasteiger partial charge in [0.25, 0.3) is 5.91 Å². The lowest BCUT2D eigenvalue weighted by molar-refractivity contribution is 0.0714. The van der Waals surface area contributed by atoms with Crippen LogP contribution in [0.3, 0.4) is 0 Å². The molecule has 4 rings (SSSR count). The van der Waals surface area contributed by atoms with Crippen molar-refractivity contribution in [1.29, 1.82) is 0 Å². The first-order valence-corrected chi connectivity index (χ1v) is 10.0. The third-order valence-electron chi connectivity index (χ3n) is 5.23. The molecule has 0 atom stereocenters. The molecule has 168 valence electrons. The lowest BCUT2D eigenvalue weighted by Gasteiger charge is -2.34. The minimum Gasteiger partial charge on any atom is -0.493 e. The molecule has 2 N–H and O–H groups in total. The summed E-state index contributed by atoms with van der Waals surface area (Å²) in [6, 6.07) is 6.41. The molecule has 0 aliphatic carbocycles. The van der Waals surface area contributed by atoms with Crippen molar-refractivity contribution in [3.05, 3.63) is 36.3 Å². The number of urea groups is 1. The van der Waals surface area contributed by atoms with E-state index in [2.05, 4.69) is 20.6 Å². The molecule has 3 heterocycles. The Morgan fingerprint density at radius 3 is 2.41 bits per heavy atom. The van der Waals surface area contributed by atoms with Crippen LogP contribution in [0, 0.1) is 0 Å². The molecule has 32 heavy (non-hydrogen) atoms. The summed E-state index contributed by atoms with van der Waals surface area (Å²) >= 11 is 0. The summed E-state index contributed by atoms with van der Waals surface area (Å²) in [4.78, 5) is 37.5. The van der Waals surface area contributed by atoms with Crippen molar-refractivity contribution < 1.29 is 23.5 Å². The van der Waals surface area contributed by atoms with E-state index in [9.17, 15) is 9.59 Å². The van der Waals surface area contributed by atoms with E-state index in [1.54, 1.807) is 36.3 Å². The second kappa shape index (κ2) is 9.00. The number of hydrogen-bond donors (Lipinski definition) is 2. The normalized spacial score (nSPS) is 13.7. The Balaban J connectivity index is 1.63. The fourth-order valence-corrected chi connectivity index (χ4v) is 3.52. The number of rotatable bonds is 5.